The Morgan fingerprint density at radius 3 is 2.74 bits per heavy atom. The van der Waals surface area contributed by atoms with E-state index in [1.807, 2.05) is 62.4 Å². The van der Waals surface area contributed by atoms with Gasteiger partial charge in [0.05, 0.1) is 5.25 Å². The van der Waals surface area contributed by atoms with E-state index in [2.05, 4.69) is 11.9 Å². The first kappa shape index (κ1) is 17.2. The fourth-order valence-electron chi connectivity index (χ4n) is 1.94. The van der Waals surface area contributed by atoms with Gasteiger partial charge in [-0.05, 0) is 38.1 Å². The normalized spacial score (nSPS) is 11.6. The molecule has 0 saturated carbocycles. The molecule has 4 heteroatoms. The minimum absolute atomic E-state index is 0.0311. The average molecular weight is 327 g/mol. The van der Waals surface area contributed by atoms with Gasteiger partial charge >= 0.3 is 0 Å². The number of hydrogen-bond acceptors (Lipinski definition) is 3. The number of amides is 1. The van der Waals surface area contributed by atoms with Gasteiger partial charge in [-0.3, -0.25) is 4.79 Å². The van der Waals surface area contributed by atoms with E-state index in [0.29, 0.717) is 12.4 Å². The molecule has 0 radical (unpaired) electrons. The highest BCUT2D eigenvalue weighted by Crippen LogP contribution is 2.25. The molecule has 0 fully saturated rings. The van der Waals surface area contributed by atoms with E-state index in [4.69, 9.17) is 4.74 Å². The van der Waals surface area contributed by atoms with Crippen LogP contribution in [-0.4, -0.2) is 17.8 Å². The highest BCUT2D eigenvalue weighted by atomic mass is 32.2. The monoisotopic (exact) mass is 327 g/mol. The molecule has 120 valence electrons. The number of ether oxygens (including phenoxy) is 1. The number of nitrogens with one attached hydrogen (secondary N) is 1. The number of rotatable bonds is 7. The largest absolute Gasteiger partial charge is 0.489 e. The molecule has 2 aromatic rings. The highest BCUT2D eigenvalue weighted by molar-refractivity contribution is 8.00. The van der Waals surface area contributed by atoms with E-state index in [9.17, 15) is 4.79 Å². The molecule has 0 unspecified atom stereocenters. The molecule has 0 spiro atoms. The molecule has 0 aliphatic carbocycles. The summed E-state index contributed by atoms with van der Waals surface area (Å²) in [6, 6.07) is 15.5. The minimum Gasteiger partial charge on any atom is -0.489 e. The maximum atomic E-state index is 12.3. The summed E-state index contributed by atoms with van der Waals surface area (Å²) < 4.78 is 5.47. The van der Waals surface area contributed by atoms with Crippen molar-refractivity contribution in [2.75, 3.05) is 11.9 Å². The number of anilines is 1. The lowest BCUT2D eigenvalue weighted by Gasteiger charge is -2.13. The fourth-order valence-corrected chi connectivity index (χ4v) is 2.80. The first-order chi connectivity index (χ1) is 11.1. The van der Waals surface area contributed by atoms with Crippen LogP contribution in [0.3, 0.4) is 0 Å². The van der Waals surface area contributed by atoms with Gasteiger partial charge in [0.1, 0.15) is 12.4 Å². The fraction of sp³-hybridized carbons (Fsp3) is 0.211. The molecule has 1 amide bonds. The van der Waals surface area contributed by atoms with Crippen molar-refractivity contribution in [3.05, 3.63) is 66.7 Å². The van der Waals surface area contributed by atoms with Crippen LogP contribution in [0.4, 0.5) is 5.69 Å². The molecule has 3 nitrogen and oxygen atoms in total. The summed E-state index contributed by atoms with van der Waals surface area (Å²) >= 11 is 1.54. The third-order valence-electron chi connectivity index (χ3n) is 3.17. The van der Waals surface area contributed by atoms with Crippen molar-refractivity contribution in [1.82, 2.24) is 0 Å². The summed E-state index contributed by atoms with van der Waals surface area (Å²) in [5, 5.41) is 2.74. The van der Waals surface area contributed by atoms with Crippen molar-refractivity contribution in [3.63, 3.8) is 0 Å². The second kappa shape index (κ2) is 8.44. The van der Waals surface area contributed by atoms with Gasteiger partial charge < -0.3 is 10.1 Å². The minimum atomic E-state index is -0.185. The molecule has 0 aliphatic rings. The van der Waals surface area contributed by atoms with Crippen LogP contribution >= 0.6 is 11.8 Å². The number of carbonyl (C=O) groups excluding carboxylic acids is 1. The maximum Gasteiger partial charge on any atom is 0.237 e. The van der Waals surface area contributed by atoms with Crippen LogP contribution in [0.2, 0.25) is 0 Å². The predicted molar refractivity (Wildman–Crippen MR) is 97.3 cm³/mol. The molecular formula is C19H21NO2S. The van der Waals surface area contributed by atoms with Gasteiger partial charge in [0.15, 0.2) is 0 Å². The summed E-state index contributed by atoms with van der Waals surface area (Å²) in [5.41, 5.74) is 1.94. The summed E-state index contributed by atoms with van der Waals surface area (Å²) in [7, 11) is 0. The summed E-state index contributed by atoms with van der Waals surface area (Å²) in [6.07, 6.45) is 1.69. The zero-order valence-corrected chi connectivity index (χ0v) is 14.2. The molecule has 2 aromatic carbocycles. The molecule has 0 heterocycles. The van der Waals surface area contributed by atoms with E-state index in [1.165, 1.54) is 5.56 Å². The first-order valence-corrected chi connectivity index (χ1v) is 8.34. The number of benzene rings is 2. The van der Waals surface area contributed by atoms with E-state index < -0.39 is 0 Å². The Morgan fingerprint density at radius 2 is 2.04 bits per heavy atom. The topological polar surface area (TPSA) is 38.3 Å². The Kier molecular flexibility index (Phi) is 6.29. The van der Waals surface area contributed by atoms with Crippen LogP contribution in [0.5, 0.6) is 5.75 Å². The lowest BCUT2D eigenvalue weighted by molar-refractivity contribution is -0.115. The molecule has 0 aliphatic heterocycles. The smallest absolute Gasteiger partial charge is 0.237 e. The highest BCUT2D eigenvalue weighted by Gasteiger charge is 2.14. The summed E-state index contributed by atoms with van der Waals surface area (Å²) in [4.78, 5) is 13.4. The molecule has 1 N–H and O–H groups in total. The molecule has 0 saturated heterocycles. The molecular weight excluding hydrogens is 306 g/mol. The van der Waals surface area contributed by atoms with Crippen molar-refractivity contribution in [3.8, 4) is 5.75 Å². The molecule has 0 bridgehead atoms. The van der Waals surface area contributed by atoms with Gasteiger partial charge in [-0.1, -0.05) is 36.4 Å². The van der Waals surface area contributed by atoms with E-state index >= 15 is 0 Å². The van der Waals surface area contributed by atoms with Crippen LogP contribution in [0.1, 0.15) is 12.5 Å². The predicted octanol–water partition coefficient (Wildman–Crippen LogP) is 4.68. The quantitative estimate of drug-likeness (QED) is 0.593. The Labute approximate surface area is 141 Å². The van der Waals surface area contributed by atoms with Gasteiger partial charge in [0, 0.05) is 16.6 Å². The second-order valence-corrected chi connectivity index (χ2v) is 6.60. The zero-order valence-electron chi connectivity index (χ0n) is 13.4. The number of hydrogen-bond donors (Lipinski definition) is 1. The summed E-state index contributed by atoms with van der Waals surface area (Å²) in [5.74, 6) is 0.679. The number of carbonyl (C=O) groups is 1. The lowest BCUT2D eigenvalue weighted by Crippen LogP contribution is -2.22. The van der Waals surface area contributed by atoms with Crippen LogP contribution in [0, 0.1) is 6.92 Å². The van der Waals surface area contributed by atoms with Crippen molar-refractivity contribution in [2.24, 2.45) is 0 Å². The molecule has 2 rings (SSSR count). The van der Waals surface area contributed by atoms with Crippen LogP contribution < -0.4 is 10.1 Å². The van der Waals surface area contributed by atoms with Crippen LogP contribution in [-0.2, 0) is 4.79 Å². The Bertz CT molecular complexity index is 667. The number of thioether (sulfide) groups is 1. The van der Waals surface area contributed by atoms with Gasteiger partial charge in [-0.15, -0.1) is 11.8 Å². The molecule has 1 atom stereocenters. The van der Waals surface area contributed by atoms with Crippen LogP contribution in [0.15, 0.2) is 66.1 Å². The van der Waals surface area contributed by atoms with Crippen molar-refractivity contribution < 1.29 is 9.53 Å². The second-order valence-electron chi connectivity index (χ2n) is 5.19. The number of aryl methyl sites for hydroxylation is 1. The molecule has 0 aromatic heterocycles. The van der Waals surface area contributed by atoms with E-state index in [1.54, 1.807) is 17.8 Å². The SMILES string of the molecule is C=CCOc1cccc(NC(=O)[C@H](C)Sc2ccc(C)cc2)c1. The zero-order chi connectivity index (χ0) is 16.7. The Hall–Kier alpha value is -2.20. The standard InChI is InChI=1S/C19H21NO2S/c1-4-12-22-17-7-5-6-16(13-17)20-19(21)15(3)23-18-10-8-14(2)9-11-18/h4-11,13,15H,1,12H2,2-3H3,(H,20,21)/t15-/m0/s1. The lowest BCUT2D eigenvalue weighted by atomic mass is 10.2. The van der Waals surface area contributed by atoms with Gasteiger partial charge in [0.2, 0.25) is 5.91 Å². The average Bonchev–Trinajstić information content (AvgIpc) is 2.55. The molecule has 23 heavy (non-hydrogen) atoms. The Morgan fingerprint density at radius 1 is 1.30 bits per heavy atom. The van der Waals surface area contributed by atoms with E-state index in [-0.39, 0.29) is 11.2 Å². The maximum absolute atomic E-state index is 12.3. The van der Waals surface area contributed by atoms with Crippen molar-refractivity contribution in [1.29, 1.82) is 0 Å². The van der Waals surface area contributed by atoms with E-state index in [0.717, 1.165) is 10.6 Å². The third-order valence-corrected chi connectivity index (χ3v) is 4.28. The van der Waals surface area contributed by atoms with Gasteiger partial charge in [-0.2, -0.15) is 0 Å². The summed E-state index contributed by atoms with van der Waals surface area (Å²) in [6.45, 7) is 8.01. The van der Waals surface area contributed by atoms with Crippen molar-refractivity contribution >= 4 is 23.4 Å². The van der Waals surface area contributed by atoms with Gasteiger partial charge in [-0.25, -0.2) is 0 Å². The van der Waals surface area contributed by atoms with Crippen LogP contribution in [0.25, 0.3) is 0 Å². The van der Waals surface area contributed by atoms with Gasteiger partial charge in [0.25, 0.3) is 0 Å². The Balaban J connectivity index is 1.95. The van der Waals surface area contributed by atoms with Crippen molar-refractivity contribution in [2.45, 2.75) is 24.0 Å². The first-order valence-electron chi connectivity index (χ1n) is 7.46. The third kappa shape index (κ3) is 5.49.